The van der Waals surface area contributed by atoms with Crippen molar-refractivity contribution in [3.8, 4) is 0 Å². The van der Waals surface area contributed by atoms with Gasteiger partial charge in [0.15, 0.2) is 0 Å². The quantitative estimate of drug-likeness (QED) is 0.848. The van der Waals surface area contributed by atoms with Crippen molar-refractivity contribution < 1.29 is 9.90 Å². The van der Waals surface area contributed by atoms with E-state index >= 15 is 0 Å². The molecule has 1 aromatic carbocycles. The summed E-state index contributed by atoms with van der Waals surface area (Å²) in [6.07, 6.45) is 4.78. The zero-order valence-corrected chi connectivity index (χ0v) is 16.4. The second-order valence-corrected chi connectivity index (χ2v) is 8.56. The Bertz CT molecular complexity index is 589. The van der Waals surface area contributed by atoms with E-state index in [0.717, 1.165) is 32.6 Å². The number of carbonyl (C=O) groups excluding carboxylic acids is 1. The van der Waals surface area contributed by atoms with E-state index in [4.69, 9.17) is 5.11 Å². The molecule has 2 heterocycles. The molecule has 0 saturated carbocycles. The Morgan fingerprint density at radius 3 is 2.42 bits per heavy atom. The molecule has 2 saturated heterocycles. The fourth-order valence-electron chi connectivity index (χ4n) is 4.43. The highest BCUT2D eigenvalue weighted by Crippen LogP contribution is 2.40. The molecule has 4 heteroatoms. The van der Waals surface area contributed by atoms with Crippen LogP contribution >= 0.6 is 0 Å². The average Bonchev–Trinajstić information content (AvgIpc) is 2.65. The zero-order valence-electron chi connectivity index (χ0n) is 16.4. The third-order valence-electron chi connectivity index (χ3n) is 6.30. The minimum absolute atomic E-state index is 0.167. The number of likely N-dealkylation sites (tertiary alicyclic amines) is 2. The van der Waals surface area contributed by atoms with Gasteiger partial charge < -0.3 is 10.0 Å². The molecule has 2 aliphatic rings. The van der Waals surface area contributed by atoms with Gasteiger partial charge in [0.2, 0.25) is 5.91 Å². The number of hydrogen-bond donors (Lipinski definition) is 1. The second kappa shape index (κ2) is 8.53. The Balaban J connectivity index is 1.52. The molecule has 144 valence electrons. The molecule has 2 aliphatic heterocycles. The van der Waals surface area contributed by atoms with Crippen LogP contribution in [-0.2, 0) is 11.3 Å². The van der Waals surface area contributed by atoms with E-state index in [1.165, 1.54) is 24.0 Å². The summed E-state index contributed by atoms with van der Waals surface area (Å²) in [7, 11) is 0. The van der Waals surface area contributed by atoms with Gasteiger partial charge in [0.1, 0.15) is 0 Å². The Labute approximate surface area is 158 Å². The van der Waals surface area contributed by atoms with Gasteiger partial charge in [0.05, 0.1) is 0 Å². The van der Waals surface area contributed by atoms with Gasteiger partial charge in [0.25, 0.3) is 0 Å². The summed E-state index contributed by atoms with van der Waals surface area (Å²) in [4.78, 5) is 16.7. The lowest BCUT2D eigenvalue weighted by Gasteiger charge is -2.47. The minimum atomic E-state index is 0.167. The van der Waals surface area contributed by atoms with E-state index in [1.54, 1.807) is 0 Å². The summed E-state index contributed by atoms with van der Waals surface area (Å²) in [6, 6.07) is 9.07. The topological polar surface area (TPSA) is 43.8 Å². The smallest absolute Gasteiger partial charge is 0.222 e. The van der Waals surface area contributed by atoms with E-state index in [1.807, 2.05) is 4.90 Å². The second-order valence-electron chi connectivity index (χ2n) is 8.56. The zero-order chi connectivity index (χ0) is 18.6. The predicted octanol–water partition coefficient (Wildman–Crippen LogP) is 3.40. The normalized spacial score (nSPS) is 20.9. The van der Waals surface area contributed by atoms with Crippen LogP contribution in [0.15, 0.2) is 24.3 Å². The molecule has 0 aliphatic carbocycles. The maximum absolute atomic E-state index is 12.1. The molecule has 1 N–H and O–H groups in total. The van der Waals surface area contributed by atoms with Gasteiger partial charge in [-0.2, -0.15) is 0 Å². The first-order valence-electron chi connectivity index (χ1n) is 10.2. The van der Waals surface area contributed by atoms with Gasteiger partial charge in [-0.25, -0.2) is 0 Å². The highest BCUT2D eigenvalue weighted by atomic mass is 16.3. The van der Waals surface area contributed by atoms with E-state index in [2.05, 4.69) is 43.0 Å². The maximum atomic E-state index is 12.1. The van der Waals surface area contributed by atoms with Gasteiger partial charge in [-0.1, -0.05) is 38.1 Å². The van der Waals surface area contributed by atoms with E-state index in [-0.39, 0.29) is 12.5 Å². The fourth-order valence-corrected chi connectivity index (χ4v) is 4.43. The third-order valence-corrected chi connectivity index (χ3v) is 6.30. The van der Waals surface area contributed by atoms with Crippen molar-refractivity contribution in [2.24, 2.45) is 5.41 Å². The highest BCUT2D eigenvalue weighted by Gasteiger charge is 2.40. The first-order valence-corrected chi connectivity index (χ1v) is 10.2. The van der Waals surface area contributed by atoms with Crippen LogP contribution in [0, 0.1) is 5.41 Å². The van der Waals surface area contributed by atoms with Crippen molar-refractivity contribution in [1.82, 2.24) is 9.80 Å². The number of aliphatic hydroxyl groups excluding tert-OH is 1. The molecule has 4 nitrogen and oxygen atoms in total. The van der Waals surface area contributed by atoms with Crippen molar-refractivity contribution in [3.05, 3.63) is 35.4 Å². The SMILES string of the molecule is CC(C)c1ccc(CN2CCC3(CCC(=O)N(CCCO)C3)CC2)cc1. The van der Waals surface area contributed by atoms with Crippen LogP contribution in [-0.4, -0.2) is 53.6 Å². The van der Waals surface area contributed by atoms with Gasteiger partial charge >= 0.3 is 0 Å². The van der Waals surface area contributed by atoms with Gasteiger partial charge in [0, 0.05) is 32.7 Å². The van der Waals surface area contributed by atoms with Crippen molar-refractivity contribution in [2.45, 2.75) is 58.4 Å². The molecule has 0 unspecified atom stereocenters. The maximum Gasteiger partial charge on any atom is 0.222 e. The highest BCUT2D eigenvalue weighted by molar-refractivity contribution is 5.77. The molecule has 0 atom stereocenters. The summed E-state index contributed by atoms with van der Waals surface area (Å²) in [5.74, 6) is 0.860. The van der Waals surface area contributed by atoms with Gasteiger partial charge in [-0.3, -0.25) is 9.69 Å². The molecule has 1 aromatic rings. The monoisotopic (exact) mass is 358 g/mol. The number of rotatable bonds is 6. The van der Waals surface area contributed by atoms with E-state index in [0.29, 0.717) is 30.7 Å². The molecule has 0 radical (unpaired) electrons. The summed E-state index contributed by atoms with van der Waals surface area (Å²) in [5.41, 5.74) is 3.11. The number of hydrogen-bond acceptors (Lipinski definition) is 3. The fraction of sp³-hybridized carbons (Fsp3) is 0.682. The molecular weight excluding hydrogens is 324 g/mol. The van der Waals surface area contributed by atoms with Crippen LogP contribution in [0.3, 0.4) is 0 Å². The van der Waals surface area contributed by atoms with Crippen molar-refractivity contribution >= 4 is 5.91 Å². The Morgan fingerprint density at radius 1 is 1.12 bits per heavy atom. The third kappa shape index (κ3) is 4.66. The van der Waals surface area contributed by atoms with Crippen molar-refractivity contribution in [1.29, 1.82) is 0 Å². The molecule has 1 amide bonds. The lowest BCUT2D eigenvalue weighted by molar-refractivity contribution is -0.139. The lowest BCUT2D eigenvalue weighted by atomic mass is 9.72. The molecule has 3 rings (SSSR count). The Kier molecular flexibility index (Phi) is 6.36. The predicted molar refractivity (Wildman–Crippen MR) is 105 cm³/mol. The summed E-state index contributed by atoms with van der Waals surface area (Å²) < 4.78 is 0. The van der Waals surface area contributed by atoms with Crippen LogP contribution in [0.5, 0.6) is 0 Å². The molecule has 0 aromatic heterocycles. The minimum Gasteiger partial charge on any atom is -0.396 e. The number of benzene rings is 1. The average molecular weight is 359 g/mol. The largest absolute Gasteiger partial charge is 0.396 e. The van der Waals surface area contributed by atoms with E-state index < -0.39 is 0 Å². The Morgan fingerprint density at radius 2 is 1.81 bits per heavy atom. The molecule has 0 bridgehead atoms. The molecular formula is C22H34N2O2. The number of nitrogens with zero attached hydrogens (tertiary/aromatic N) is 2. The first kappa shape index (κ1) is 19.4. The molecule has 2 fully saturated rings. The summed E-state index contributed by atoms with van der Waals surface area (Å²) in [6.45, 7) is 9.51. The van der Waals surface area contributed by atoms with Crippen LogP contribution in [0.4, 0.5) is 0 Å². The van der Waals surface area contributed by atoms with Gasteiger partial charge in [-0.05, 0) is 61.2 Å². The summed E-state index contributed by atoms with van der Waals surface area (Å²) >= 11 is 0. The number of aliphatic hydroxyl groups is 1. The van der Waals surface area contributed by atoms with Crippen LogP contribution in [0.1, 0.15) is 63.0 Å². The summed E-state index contributed by atoms with van der Waals surface area (Å²) in [5, 5.41) is 9.06. The molecule has 1 spiro atoms. The van der Waals surface area contributed by atoms with E-state index in [9.17, 15) is 4.79 Å². The number of amides is 1. The standard InChI is InChI=1S/C22H34N2O2/c1-18(2)20-6-4-19(5-7-20)16-23-13-10-22(11-14-23)9-8-21(26)24(17-22)12-3-15-25/h4-7,18,25H,3,8-17H2,1-2H3. The Hall–Kier alpha value is -1.39. The van der Waals surface area contributed by atoms with Crippen molar-refractivity contribution in [2.75, 3.05) is 32.8 Å². The van der Waals surface area contributed by atoms with Crippen LogP contribution in [0.25, 0.3) is 0 Å². The first-order chi connectivity index (χ1) is 12.5. The van der Waals surface area contributed by atoms with Gasteiger partial charge in [-0.15, -0.1) is 0 Å². The lowest BCUT2D eigenvalue weighted by Crippen LogP contribution is -2.51. The van der Waals surface area contributed by atoms with Crippen LogP contribution in [0.2, 0.25) is 0 Å². The van der Waals surface area contributed by atoms with Crippen molar-refractivity contribution in [3.63, 3.8) is 0 Å². The number of carbonyl (C=O) groups is 1. The number of piperidine rings is 2. The molecule has 26 heavy (non-hydrogen) atoms. The van der Waals surface area contributed by atoms with Crippen LogP contribution < -0.4 is 0 Å².